The summed E-state index contributed by atoms with van der Waals surface area (Å²) in [4.78, 5) is 42.1. The first-order chi connectivity index (χ1) is 13.6. The van der Waals surface area contributed by atoms with E-state index in [0.29, 0.717) is 29.3 Å². The molecule has 0 aliphatic carbocycles. The van der Waals surface area contributed by atoms with Crippen molar-refractivity contribution < 1.29 is 28.3 Å². The molecule has 2 aromatic rings. The third kappa shape index (κ3) is 5.03. The molecule has 9 heteroatoms. The molecule has 0 spiro atoms. The summed E-state index contributed by atoms with van der Waals surface area (Å²) in [6.45, 7) is 2.04. The van der Waals surface area contributed by atoms with Crippen molar-refractivity contribution in [2.45, 2.75) is 37.5 Å². The van der Waals surface area contributed by atoms with Crippen LogP contribution in [0.25, 0.3) is 11.1 Å². The topological polar surface area (TPSA) is 98.9 Å². The Bertz CT molecular complexity index is 819. The van der Waals surface area contributed by atoms with Crippen LogP contribution >= 0.6 is 11.8 Å². The Morgan fingerprint density at radius 2 is 2.07 bits per heavy atom. The van der Waals surface area contributed by atoms with Gasteiger partial charge >= 0.3 is 11.9 Å². The lowest BCUT2D eigenvalue weighted by Crippen LogP contribution is -2.50. The van der Waals surface area contributed by atoms with Gasteiger partial charge in [0.25, 0.3) is 11.1 Å². The smallest absolute Gasteiger partial charge is 0.328 e. The van der Waals surface area contributed by atoms with Gasteiger partial charge in [0.05, 0.1) is 6.61 Å². The normalized spacial score (nSPS) is 16.8. The Kier molecular flexibility index (Phi) is 6.91. The monoisotopic (exact) mass is 406 g/mol. The van der Waals surface area contributed by atoms with E-state index >= 15 is 0 Å². The van der Waals surface area contributed by atoms with E-state index in [2.05, 4.69) is 4.98 Å². The zero-order valence-electron chi connectivity index (χ0n) is 15.6. The molecule has 1 aromatic carbocycles. The molecule has 1 amide bonds. The maximum Gasteiger partial charge on any atom is 0.328 e. The van der Waals surface area contributed by atoms with E-state index in [1.54, 1.807) is 13.0 Å². The van der Waals surface area contributed by atoms with E-state index < -0.39 is 30.5 Å². The Morgan fingerprint density at radius 3 is 2.86 bits per heavy atom. The van der Waals surface area contributed by atoms with E-state index in [0.717, 1.165) is 24.6 Å². The van der Waals surface area contributed by atoms with Gasteiger partial charge in [-0.2, -0.15) is 0 Å². The van der Waals surface area contributed by atoms with Crippen LogP contribution in [0.15, 0.2) is 33.9 Å². The van der Waals surface area contributed by atoms with Gasteiger partial charge in [0.15, 0.2) is 12.2 Å². The number of aromatic nitrogens is 1. The van der Waals surface area contributed by atoms with Crippen molar-refractivity contribution in [3.8, 4) is 0 Å². The van der Waals surface area contributed by atoms with E-state index in [1.165, 1.54) is 4.90 Å². The second-order valence-corrected chi connectivity index (χ2v) is 7.17. The standard InChI is InChI=1S/C19H22N2O6S/c1-2-25-18(24)14-8-5-6-10-21(14)16(22)11-26-17(23)12-28-19-20-13-7-3-4-9-15(13)27-19/h3-4,7,9,14H,2,5-6,8,10-12H2,1H3/t14-/m1/s1. The molecule has 0 N–H and O–H groups in total. The number of likely N-dealkylation sites (tertiary alicyclic amines) is 1. The third-order valence-corrected chi connectivity index (χ3v) is 5.13. The van der Waals surface area contributed by atoms with Crippen LogP contribution < -0.4 is 0 Å². The number of nitrogens with zero attached hydrogens (tertiary/aromatic N) is 2. The van der Waals surface area contributed by atoms with Gasteiger partial charge in [-0.3, -0.25) is 9.59 Å². The van der Waals surface area contributed by atoms with Gasteiger partial charge in [-0.05, 0) is 38.3 Å². The van der Waals surface area contributed by atoms with Crippen molar-refractivity contribution in [2.75, 3.05) is 25.5 Å². The molecule has 8 nitrogen and oxygen atoms in total. The molecule has 0 unspecified atom stereocenters. The van der Waals surface area contributed by atoms with Crippen LogP contribution in [0.4, 0.5) is 0 Å². The van der Waals surface area contributed by atoms with E-state index in [9.17, 15) is 14.4 Å². The second-order valence-electron chi connectivity index (χ2n) is 6.25. The van der Waals surface area contributed by atoms with Crippen molar-refractivity contribution in [1.29, 1.82) is 0 Å². The van der Waals surface area contributed by atoms with Crippen LogP contribution in [0.5, 0.6) is 0 Å². The first-order valence-corrected chi connectivity index (χ1v) is 10.2. The number of hydrogen-bond donors (Lipinski definition) is 0. The molecular weight excluding hydrogens is 384 g/mol. The molecule has 3 rings (SSSR count). The van der Waals surface area contributed by atoms with Crippen molar-refractivity contribution in [2.24, 2.45) is 0 Å². The van der Waals surface area contributed by atoms with E-state index in [4.69, 9.17) is 13.9 Å². The lowest BCUT2D eigenvalue weighted by atomic mass is 10.0. The fraction of sp³-hybridized carbons (Fsp3) is 0.474. The number of thioether (sulfide) groups is 1. The molecule has 1 atom stereocenters. The fourth-order valence-corrected chi connectivity index (χ4v) is 3.65. The quantitative estimate of drug-likeness (QED) is 0.511. The number of ether oxygens (including phenoxy) is 2. The molecule has 150 valence electrons. The van der Waals surface area contributed by atoms with Crippen molar-refractivity contribution in [3.63, 3.8) is 0 Å². The van der Waals surface area contributed by atoms with Crippen LogP contribution in [0.2, 0.25) is 0 Å². The Balaban J connectivity index is 1.47. The van der Waals surface area contributed by atoms with Crippen molar-refractivity contribution >= 4 is 40.7 Å². The highest BCUT2D eigenvalue weighted by Crippen LogP contribution is 2.23. The minimum atomic E-state index is -0.603. The first kappa shape index (κ1) is 20.2. The Labute approximate surface area is 166 Å². The second kappa shape index (κ2) is 9.59. The van der Waals surface area contributed by atoms with Crippen molar-refractivity contribution in [3.05, 3.63) is 24.3 Å². The number of oxazole rings is 1. The summed E-state index contributed by atoms with van der Waals surface area (Å²) in [6.07, 6.45) is 2.23. The summed E-state index contributed by atoms with van der Waals surface area (Å²) in [6, 6.07) is 6.70. The zero-order valence-corrected chi connectivity index (χ0v) is 16.4. The minimum Gasteiger partial charge on any atom is -0.464 e. The number of carbonyl (C=O) groups excluding carboxylic acids is 3. The summed E-state index contributed by atoms with van der Waals surface area (Å²) in [7, 11) is 0. The van der Waals surface area contributed by atoms with Gasteiger partial charge < -0.3 is 18.8 Å². The molecule has 1 aliphatic rings. The number of para-hydroxylation sites is 2. The highest BCUT2D eigenvalue weighted by molar-refractivity contribution is 7.99. The lowest BCUT2D eigenvalue weighted by Gasteiger charge is -2.33. The van der Waals surface area contributed by atoms with E-state index in [1.807, 2.05) is 18.2 Å². The molecular formula is C19H22N2O6S. The average Bonchev–Trinajstić information content (AvgIpc) is 3.13. The minimum absolute atomic E-state index is 0.0264. The van der Waals surface area contributed by atoms with Crippen LogP contribution in [-0.4, -0.2) is 59.3 Å². The predicted molar refractivity (Wildman–Crippen MR) is 102 cm³/mol. The molecule has 28 heavy (non-hydrogen) atoms. The van der Waals surface area contributed by atoms with Gasteiger partial charge in [0.1, 0.15) is 17.3 Å². The van der Waals surface area contributed by atoms with Gasteiger partial charge in [0, 0.05) is 6.54 Å². The molecule has 1 aliphatic heterocycles. The zero-order chi connectivity index (χ0) is 19.9. The highest BCUT2D eigenvalue weighted by atomic mass is 32.2. The maximum atomic E-state index is 12.4. The third-order valence-electron chi connectivity index (χ3n) is 4.33. The Morgan fingerprint density at radius 1 is 1.25 bits per heavy atom. The predicted octanol–water partition coefficient (Wildman–Crippen LogP) is 2.41. The highest BCUT2D eigenvalue weighted by Gasteiger charge is 2.33. The van der Waals surface area contributed by atoms with Crippen LogP contribution in [-0.2, 0) is 23.9 Å². The van der Waals surface area contributed by atoms with Gasteiger partial charge in [0.2, 0.25) is 0 Å². The summed E-state index contributed by atoms with van der Waals surface area (Å²) in [5.74, 6) is -1.38. The number of carbonyl (C=O) groups is 3. The van der Waals surface area contributed by atoms with Gasteiger partial charge in [-0.15, -0.1) is 0 Å². The van der Waals surface area contributed by atoms with Crippen LogP contribution in [0.3, 0.4) is 0 Å². The number of amides is 1. The number of piperidine rings is 1. The summed E-state index contributed by atoms with van der Waals surface area (Å²) >= 11 is 1.10. The summed E-state index contributed by atoms with van der Waals surface area (Å²) < 4.78 is 15.6. The molecule has 1 saturated heterocycles. The lowest BCUT2D eigenvalue weighted by molar-refractivity contribution is -0.160. The largest absolute Gasteiger partial charge is 0.464 e. The van der Waals surface area contributed by atoms with E-state index in [-0.39, 0.29) is 12.4 Å². The van der Waals surface area contributed by atoms with Crippen LogP contribution in [0.1, 0.15) is 26.2 Å². The fourth-order valence-electron chi connectivity index (χ4n) is 3.01. The maximum absolute atomic E-state index is 12.4. The molecule has 1 fully saturated rings. The number of esters is 2. The number of rotatable bonds is 7. The molecule has 1 aromatic heterocycles. The average molecular weight is 406 g/mol. The molecule has 2 heterocycles. The summed E-state index contributed by atoms with van der Waals surface area (Å²) in [5.41, 5.74) is 1.35. The molecule has 0 saturated carbocycles. The van der Waals surface area contributed by atoms with Gasteiger partial charge in [-0.1, -0.05) is 23.9 Å². The summed E-state index contributed by atoms with van der Waals surface area (Å²) in [5, 5.41) is 0.364. The SMILES string of the molecule is CCOC(=O)[C@H]1CCCCN1C(=O)COC(=O)CSc1nc2ccccc2o1. The number of hydrogen-bond acceptors (Lipinski definition) is 8. The molecule has 0 bridgehead atoms. The first-order valence-electron chi connectivity index (χ1n) is 9.18. The van der Waals surface area contributed by atoms with Crippen LogP contribution in [0, 0.1) is 0 Å². The van der Waals surface area contributed by atoms with Crippen molar-refractivity contribution in [1.82, 2.24) is 9.88 Å². The molecule has 0 radical (unpaired) electrons. The van der Waals surface area contributed by atoms with Gasteiger partial charge in [-0.25, -0.2) is 9.78 Å². The number of benzene rings is 1. The number of fused-ring (bicyclic) bond motifs is 1. The Hall–Kier alpha value is -2.55.